The maximum absolute atomic E-state index is 11.9. The zero-order valence-electron chi connectivity index (χ0n) is 13.2. The molecule has 2 atom stereocenters. The molecule has 0 aliphatic carbocycles. The Kier molecular flexibility index (Phi) is 5.60. The molecule has 0 radical (unpaired) electrons. The molecule has 0 fully saturated rings. The van der Waals surface area contributed by atoms with Gasteiger partial charge in [0.15, 0.2) is 0 Å². The molecule has 1 aromatic heterocycles. The summed E-state index contributed by atoms with van der Waals surface area (Å²) in [6.45, 7) is 0. The number of carbonyl (C=O) groups is 3. The first-order chi connectivity index (χ1) is 11.8. The predicted molar refractivity (Wildman–Crippen MR) is 88.1 cm³/mol. The van der Waals surface area contributed by atoms with Gasteiger partial charge in [-0.05, 0) is 30.2 Å². The van der Waals surface area contributed by atoms with Crippen LogP contribution in [0.25, 0.3) is 10.9 Å². The first-order valence-electron chi connectivity index (χ1n) is 7.57. The molecule has 0 saturated heterocycles. The zero-order valence-corrected chi connectivity index (χ0v) is 13.2. The third-order valence-electron chi connectivity index (χ3n) is 3.81. The molecular weight excluding hydrogens is 330 g/mol. The van der Waals surface area contributed by atoms with Gasteiger partial charge >= 0.3 is 11.9 Å². The number of amides is 1. The number of aliphatic carboxylic acids is 2. The van der Waals surface area contributed by atoms with Gasteiger partial charge in [-0.15, -0.1) is 0 Å². The van der Waals surface area contributed by atoms with Gasteiger partial charge in [-0.2, -0.15) is 0 Å². The number of phenolic OH excluding ortho intramolecular Hbond substituents is 1. The summed E-state index contributed by atoms with van der Waals surface area (Å²) in [6, 6.07) is 2.31. The number of aromatic hydroxyl groups is 1. The fraction of sp³-hybridized carbons (Fsp3) is 0.312. The molecule has 2 rings (SSSR count). The van der Waals surface area contributed by atoms with Gasteiger partial charge in [0.1, 0.15) is 17.8 Å². The minimum atomic E-state index is -1.22. The van der Waals surface area contributed by atoms with Crippen LogP contribution in [-0.2, 0) is 20.8 Å². The van der Waals surface area contributed by atoms with Crippen molar-refractivity contribution in [2.45, 2.75) is 31.3 Å². The van der Waals surface area contributed by atoms with Gasteiger partial charge in [0.25, 0.3) is 0 Å². The number of nitrogens with one attached hydrogen (secondary N) is 2. The summed E-state index contributed by atoms with van der Waals surface area (Å²) in [7, 11) is 0. The maximum atomic E-state index is 11.9. The van der Waals surface area contributed by atoms with Crippen molar-refractivity contribution >= 4 is 28.7 Å². The quantitative estimate of drug-likeness (QED) is 0.395. The Morgan fingerprint density at radius 1 is 1.20 bits per heavy atom. The minimum Gasteiger partial charge on any atom is -0.508 e. The summed E-state index contributed by atoms with van der Waals surface area (Å²) in [5.41, 5.74) is 6.68. The van der Waals surface area contributed by atoms with Crippen LogP contribution in [0.15, 0.2) is 24.4 Å². The highest BCUT2D eigenvalue weighted by Gasteiger charge is 2.23. The van der Waals surface area contributed by atoms with E-state index >= 15 is 0 Å². The second-order valence-electron chi connectivity index (χ2n) is 5.69. The first kappa shape index (κ1) is 18.3. The van der Waals surface area contributed by atoms with Gasteiger partial charge in [0.2, 0.25) is 5.91 Å². The number of fused-ring (bicyclic) bond motifs is 1. The van der Waals surface area contributed by atoms with Crippen molar-refractivity contribution in [3.63, 3.8) is 0 Å². The van der Waals surface area contributed by atoms with Crippen LogP contribution in [0.4, 0.5) is 0 Å². The number of aromatic amines is 1. The van der Waals surface area contributed by atoms with E-state index in [4.69, 9.17) is 10.8 Å². The Morgan fingerprint density at radius 3 is 2.56 bits per heavy atom. The Balaban J connectivity index is 2.05. The van der Waals surface area contributed by atoms with Crippen LogP contribution in [0.3, 0.4) is 0 Å². The van der Waals surface area contributed by atoms with Gasteiger partial charge in [-0.1, -0.05) is 0 Å². The number of carboxylic acid groups (broad SMARTS) is 2. The summed E-state index contributed by atoms with van der Waals surface area (Å²) in [6.07, 6.45) is 1.35. The third-order valence-corrected chi connectivity index (χ3v) is 3.81. The van der Waals surface area contributed by atoms with Crippen molar-refractivity contribution in [1.82, 2.24) is 10.3 Å². The molecular formula is C16H19N3O6. The van der Waals surface area contributed by atoms with E-state index in [0.29, 0.717) is 10.9 Å². The van der Waals surface area contributed by atoms with Crippen LogP contribution in [0.2, 0.25) is 0 Å². The highest BCUT2D eigenvalue weighted by molar-refractivity contribution is 5.87. The highest BCUT2D eigenvalue weighted by atomic mass is 16.4. The lowest BCUT2D eigenvalue weighted by atomic mass is 10.0. The number of rotatable bonds is 8. The topological polar surface area (TPSA) is 166 Å². The number of nitrogens with two attached hydrogens (primary N) is 1. The molecule has 0 saturated carbocycles. The summed E-state index contributed by atoms with van der Waals surface area (Å²) < 4.78 is 0. The van der Waals surface area contributed by atoms with Crippen LogP contribution in [0.5, 0.6) is 5.75 Å². The van der Waals surface area contributed by atoms with Gasteiger partial charge in [0, 0.05) is 29.9 Å². The lowest BCUT2D eigenvalue weighted by Crippen LogP contribution is -2.43. The van der Waals surface area contributed by atoms with Crippen LogP contribution in [-0.4, -0.2) is 50.2 Å². The molecule has 0 bridgehead atoms. The molecule has 9 nitrogen and oxygen atoms in total. The Labute approximate surface area is 142 Å². The van der Waals surface area contributed by atoms with Gasteiger partial charge < -0.3 is 31.4 Å². The number of carboxylic acids is 2. The van der Waals surface area contributed by atoms with Gasteiger partial charge in [-0.3, -0.25) is 9.59 Å². The molecule has 7 N–H and O–H groups in total. The predicted octanol–water partition coefficient (Wildman–Crippen LogP) is 0.177. The number of aromatic nitrogens is 1. The van der Waals surface area contributed by atoms with E-state index in [1.165, 1.54) is 12.1 Å². The zero-order chi connectivity index (χ0) is 18.6. The SMILES string of the molecule is N[C@@H](CCC(=O)N[C@@H](Cc1c[nH]c2ccc(O)cc12)C(=O)O)C(=O)O. The normalized spacial score (nSPS) is 13.3. The second-order valence-corrected chi connectivity index (χ2v) is 5.69. The lowest BCUT2D eigenvalue weighted by molar-refractivity contribution is -0.142. The van der Waals surface area contributed by atoms with Crippen LogP contribution < -0.4 is 11.1 Å². The van der Waals surface area contributed by atoms with Gasteiger partial charge in [-0.25, -0.2) is 4.79 Å². The fourth-order valence-electron chi connectivity index (χ4n) is 2.43. The molecule has 1 amide bonds. The molecule has 2 aromatic rings. The molecule has 134 valence electrons. The largest absolute Gasteiger partial charge is 0.508 e. The maximum Gasteiger partial charge on any atom is 0.326 e. The molecule has 0 spiro atoms. The minimum absolute atomic E-state index is 0.00944. The number of benzene rings is 1. The summed E-state index contributed by atoms with van der Waals surface area (Å²) in [4.78, 5) is 36.9. The number of carbonyl (C=O) groups excluding carboxylic acids is 1. The molecule has 0 aliphatic rings. The van der Waals surface area contributed by atoms with Crippen LogP contribution in [0.1, 0.15) is 18.4 Å². The summed E-state index contributed by atoms with van der Waals surface area (Å²) in [5.74, 6) is -2.98. The first-order valence-corrected chi connectivity index (χ1v) is 7.57. The van der Waals surface area contributed by atoms with E-state index in [2.05, 4.69) is 10.3 Å². The van der Waals surface area contributed by atoms with Crippen LogP contribution >= 0.6 is 0 Å². The number of H-pyrrole nitrogens is 1. The average Bonchev–Trinajstić information content (AvgIpc) is 2.93. The Bertz CT molecular complexity index is 800. The number of hydrogen-bond acceptors (Lipinski definition) is 5. The fourth-order valence-corrected chi connectivity index (χ4v) is 2.43. The van der Waals surface area contributed by atoms with E-state index in [9.17, 15) is 24.6 Å². The van der Waals surface area contributed by atoms with Crippen LogP contribution in [0, 0.1) is 0 Å². The van der Waals surface area contributed by atoms with Crippen molar-refractivity contribution < 1.29 is 29.7 Å². The van der Waals surface area contributed by atoms with Crippen molar-refractivity contribution in [3.05, 3.63) is 30.0 Å². The monoisotopic (exact) mass is 349 g/mol. The molecule has 25 heavy (non-hydrogen) atoms. The average molecular weight is 349 g/mol. The standard InChI is InChI=1S/C16H19N3O6/c17-11(15(22)23)2-4-14(21)19-13(16(24)25)5-8-7-18-12-3-1-9(20)6-10(8)12/h1,3,6-7,11,13,18,20H,2,4-5,17H2,(H,19,21)(H,22,23)(H,24,25)/t11-,13-/m0/s1. The number of hydrogen-bond donors (Lipinski definition) is 6. The van der Waals surface area contributed by atoms with Crippen molar-refractivity contribution in [3.8, 4) is 5.75 Å². The summed E-state index contributed by atoms with van der Waals surface area (Å²) >= 11 is 0. The van der Waals surface area contributed by atoms with Crippen molar-refractivity contribution in [2.24, 2.45) is 5.73 Å². The Hall–Kier alpha value is -3.07. The molecule has 0 aliphatic heterocycles. The second kappa shape index (κ2) is 7.67. The molecule has 1 aromatic carbocycles. The van der Waals surface area contributed by atoms with E-state index in [-0.39, 0.29) is 25.0 Å². The third kappa shape index (κ3) is 4.70. The Morgan fingerprint density at radius 2 is 1.92 bits per heavy atom. The lowest BCUT2D eigenvalue weighted by Gasteiger charge is -2.15. The smallest absolute Gasteiger partial charge is 0.326 e. The van der Waals surface area contributed by atoms with Crippen molar-refractivity contribution in [1.29, 1.82) is 0 Å². The van der Waals surface area contributed by atoms with E-state index in [1.54, 1.807) is 12.3 Å². The summed E-state index contributed by atoms with van der Waals surface area (Å²) in [5, 5.41) is 30.6. The van der Waals surface area contributed by atoms with E-state index in [0.717, 1.165) is 5.52 Å². The van der Waals surface area contributed by atoms with E-state index < -0.39 is 29.9 Å². The highest BCUT2D eigenvalue weighted by Crippen LogP contribution is 2.24. The number of phenols is 1. The van der Waals surface area contributed by atoms with Gasteiger partial charge in [0.05, 0.1) is 0 Å². The molecule has 0 unspecified atom stereocenters. The molecule has 9 heteroatoms. The molecule has 1 heterocycles. The van der Waals surface area contributed by atoms with Crippen molar-refractivity contribution in [2.75, 3.05) is 0 Å². The van der Waals surface area contributed by atoms with E-state index in [1.807, 2.05) is 0 Å².